The van der Waals surface area contributed by atoms with Gasteiger partial charge in [-0.3, -0.25) is 4.98 Å². The van der Waals surface area contributed by atoms with Crippen LogP contribution in [0.4, 0.5) is 0 Å². The minimum Gasteiger partial charge on any atom is -0.264 e. The molecule has 0 spiro atoms. The van der Waals surface area contributed by atoms with Gasteiger partial charge in [-0.2, -0.15) is 0 Å². The summed E-state index contributed by atoms with van der Waals surface area (Å²) >= 11 is 0. The van der Waals surface area contributed by atoms with Crippen molar-refractivity contribution < 1.29 is 0 Å². The van der Waals surface area contributed by atoms with E-state index in [1.807, 2.05) is 6.07 Å². The molecule has 0 aliphatic heterocycles. The fourth-order valence-electron chi connectivity index (χ4n) is 0.890. The van der Waals surface area contributed by atoms with Crippen molar-refractivity contribution in [2.45, 2.75) is 6.42 Å². The lowest BCUT2D eigenvalue weighted by molar-refractivity contribution is 1.22. The summed E-state index contributed by atoms with van der Waals surface area (Å²) in [5.74, 6) is 2.58. The molecule has 0 saturated carbocycles. The lowest BCUT2D eigenvalue weighted by Gasteiger charge is -1.98. The molecule has 1 nitrogen and oxygen atoms in total. The largest absolute Gasteiger partial charge is 0.264 e. The molecule has 1 aromatic rings. The lowest BCUT2D eigenvalue weighted by Crippen LogP contribution is -1.87. The molecular weight excluding hydrogens is 134 g/mol. The Kier molecular flexibility index (Phi) is 2.46. The van der Waals surface area contributed by atoms with E-state index in [1.54, 1.807) is 18.5 Å². The number of hydrogen-bond acceptors (Lipinski definition) is 1. The average Bonchev–Trinajstić information content (AvgIpc) is 2.06. The Morgan fingerprint density at radius 2 is 2.55 bits per heavy atom. The zero-order valence-corrected chi connectivity index (χ0v) is 6.25. The second kappa shape index (κ2) is 3.58. The van der Waals surface area contributed by atoms with Crippen molar-refractivity contribution in [1.82, 2.24) is 4.98 Å². The summed E-state index contributed by atoms with van der Waals surface area (Å²) < 4.78 is 0. The van der Waals surface area contributed by atoms with Crippen LogP contribution in [0.1, 0.15) is 11.1 Å². The Hall–Kier alpha value is -1.55. The normalized spacial score (nSPS) is 8.64. The second-order valence-electron chi connectivity index (χ2n) is 2.16. The first kappa shape index (κ1) is 7.56. The van der Waals surface area contributed by atoms with Crippen LogP contribution in [-0.4, -0.2) is 4.98 Å². The van der Waals surface area contributed by atoms with Gasteiger partial charge in [-0.15, -0.1) is 12.3 Å². The van der Waals surface area contributed by atoms with E-state index in [4.69, 9.17) is 6.42 Å². The predicted octanol–water partition coefficient (Wildman–Crippen LogP) is 1.90. The molecule has 1 aromatic heterocycles. The summed E-state index contributed by atoms with van der Waals surface area (Å²) in [6, 6.07) is 1.91. The highest BCUT2D eigenvalue weighted by molar-refractivity contribution is 5.50. The molecule has 0 aliphatic rings. The molecule has 11 heavy (non-hydrogen) atoms. The first-order chi connectivity index (χ1) is 5.38. The summed E-state index contributed by atoms with van der Waals surface area (Å²) in [7, 11) is 0. The Labute approximate surface area is 66.8 Å². The van der Waals surface area contributed by atoms with Gasteiger partial charge >= 0.3 is 0 Å². The summed E-state index contributed by atoms with van der Waals surface area (Å²) in [6.45, 7) is 3.67. The molecule has 0 bridgehead atoms. The molecule has 0 radical (unpaired) electrons. The van der Waals surface area contributed by atoms with Crippen molar-refractivity contribution in [2.24, 2.45) is 0 Å². The maximum absolute atomic E-state index is 5.18. The number of terminal acetylenes is 1. The highest BCUT2D eigenvalue weighted by Gasteiger charge is 1.94. The zero-order chi connectivity index (χ0) is 8.10. The van der Waals surface area contributed by atoms with Crippen LogP contribution in [0.25, 0.3) is 6.08 Å². The van der Waals surface area contributed by atoms with Gasteiger partial charge in [0.2, 0.25) is 0 Å². The highest BCUT2D eigenvalue weighted by Crippen LogP contribution is 2.07. The molecule has 0 fully saturated rings. The standard InChI is InChI=1S/C10H9N/c1-3-5-10-6-7-11-8-9(10)4-2/h1,4,6-8H,2,5H2. The third-order valence-corrected chi connectivity index (χ3v) is 1.46. The van der Waals surface area contributed by atoms with E-state index in [0.29, 0.717) is 6.42 Å². The van der Waals surface area contributed by atoms with E-state index in [-0.39, 0.29) is 0 Å². The van der Waals surface area contributed by atoms with Crippen molar-refractivity contribution in [1.29, 1.82) is 0 Å². The fourth-order valence-corrected chi connectivity index (χ4v) is 0.890. The van der Waals surface area contributed by atoms with Crippen molar-refractivity contribution in [3.8, 4) is 12.3 Å². The number of rotatable bonds is 2. The number of pyridine rings is 1. The van der Waals surface area contributed by atoms with Gasteiger partial charge in [-0.05, 0) is 17.2 Å². The maximum atomic E-state index is 5.18. The van der Waals surface area contributed by atoms with Gasteiger partial charge in [0.1, 0.15) is 0 Å². The predicted molar refractivity (Wildman–Crippen MR) is 46.9 cm³/mol. The van der Waals surface area contributed by atoms with Crippen LogP contribution < -0.4 is 0 Å². The van der Waals surface area contributed by atoms with Crippen LogP contribution in [-0.2, 0) is 6.42 Å². The van der Waals surface area contributed by atoms with Crippen LogP contribution in [0.5, 0.6) is 0 Å². The smallest absolute Gasteiger partial charge is 0.0344 e. The van der Waals surface area contributed by atoms with E-state index in [9.17, 15) is 0 Å². The average molecular weight is 143 g/mol. The zero-order valence-electron chi connectivity index (χ0n) is 6.25. The molecule has 1 rings (SSSR count). The summed E-state index contributed by atoms with van der Waals surface area (Å²) in [5.41, 5.74) is 2.13. The SMILES string of the molecule is C#CCc1ccncc1C=C. The van der Waals surface area contributed by atoms with Gasteiger partial charge in [0.05, 0.1) is 0 Å². The Morgan fingerprint density at radius 3 is 3.18 bits per heavy atom. The van der Waals surface area contributed by atoms with E-state index in [2.05, 4.69) is 17.5 Å². The molecule has 0 N–H and O–H groups in total. The molecule has 0 unspecified atom stereocenters. The Bertz CT molecular complexity index is 294. The molecule has 0 aromatic carbocycles. The van der Waals surface area contributed by atoms with Crippen LogP contribution in [0, 0.1) is 12.3 Å². The monoisotopic (exact) mass is 143 g/mol. The van der Waals surface area contributed by atoms with E-state index >= 15 is 0 Å². The molecule has 0 amide bonds. The van der Waals surface area contributed by atoms with Crippen molar-refractivity contribution in [2.75, 3.05) is 0 Å². The molecule has 0 aliphatic carbocycles. The van der Waals surface area contributed by atoms with Crippen LogP contribution >= 0.6 is 0 Å². The Balaban J connectivity index is 3.04. The summed E-state index contributed by atoms with van der Waals surface area (Å²) in [5, 5.41) is 0. The molecule has 54 valence electrons. The van der Waals surface area contributed by atoms with Gasteiger partial charge in [0, 0.05) is 18.8 Å². The van der Waals surface area contributed by atoms with Gasteiger partial charge in [-0.25, -0.2) is 0 Å². The quantitative estimate of drug-likeness (QED) is 0.576. The van der Waals surface area contributed by atoms with Crippen LogP contribution in [0.2, 0.25) is 0 Å². The Morgan fingerprint density at radius 1 is 1.73 bits per heavy atom. The van der Waals surface area contributed by atoms with Gasteiger partial charge in [0.15, 0.2) is 0 Å². The van der Waals surface area contributed by atoms with Crippen molar-refractivity contribution >= 4 is 6.08 Å². The van der Waals surface area contributed by atoms with Gasteiger partial charge in [-0.1, -0.05) is 12.7 Å². The fraction of sp³-hybridized carbons (Fsp3) is 0.100. The van der Waals surface area contributed by atoms with Gasteiger partial charge in [0.25, 0.3) is 0 Å². The molecular formula is C10H9N. The van der Waals surface area contributed by atoms with Crippen molar-refractivity contribution in [3.05, 3.63) is 36.2 Å². The van der Waals surface area contributed by atoms with E-state index in [0.717, 1.165) is 11.1 Å². The second-order valence-corrected chi connectivity index (χ2v) is 2.16. The maximum Gasteiger partial charge on any atom is 0.0344 e. The molecule has 0 atom stereocenters. The molecule has 1 heterocycles. The number of nitrogens with zero attached hydrogens (tertiary/aromatic N) is 1. The van der Waals surface area contributed by atoms with Crippen LogP contribution in [0.3, 0.4) is 0 Å². The molecule has 1 heteroatoms. The minimum absolute atomic E-state index is 0.643. The first-order valence-electron chi connectivity index (χ1n) is 3.37. The molecule has 0 saturated heterocycles. The minimum atomic E-state index is 0.643. The number of aromatic nitrogens is 1. The highest BCUT2D eigenvalue weighted by atomic mass is 14.6. The van der Waals surface area contributed by atoms with Crippen LogP contribution in [0.15, 0.2) is 25.0 Å². The summed E-state index contributed by atoms with van der Waals surface area (Å²) in [4.78, 5) is 3.96. The van der Waals surface area contributed by atoms with E-state index in [1.165, 1.54) is 0 Å². The van der Waals surface area contributed by atoms with E-state index < -0.39 is 0 Å². The summed E-state index contributed by atoms with van der Waals surface area (Å²) in [6.07, 6.45) is 11.1. The first-order valence-corrected chi connectivity index (χ1v) is 3.37. The van der Waals surface area contributed by atoms with Crippen molar-refractivity contribution in [3.63, 3.8) is 0 Å². The number of hydrogen-bond donors (Lipinski definition) is 0. The third-order valence-electron chi connectivity index (χ3n) is 1.46. The third kappa shape index (κ3) is 1.68. The lowest BCUT2D eigenvalue weighted by atomic mass is 10.1. The van der Waals surface area contributed by atoms with Gasteiger partial charge < -0.3 is 0 Å². The topological polar surface area (TPSA) is 12.9 Å².